The zero-order chi connectivity index (χ0) is 27.3. The predicted molar refractivity (Wildman–Crippen MR) is 143 cm³/mol. The first-order chi connectivity index (χ1) is 17.6. The van der Waals surface area contributed by atoms with Gasteiger partial charge >= 0.3 is 0 Å². The van der Waals surface area contributed by atoms with Crippen LogP contribution in [0.15, 0.2) is 22.7 Å². The predicted octanol–water partition coefficient (Wildman–Crippen LogP) is 4.93. The zero-order valence-electron chi connectivity index (χ0n) is 22.2. The number of aliphatic hydroxyl groups is 1. The number of fused-ring (bicyclic) bond motifs is 1. The van der Waals surface area contributed by atoms with Gasteiger partial charge in [0, 0.05) is 36.0 Å². The molecule has 1 heterocycles. The van der Waals surface area contributed by atoms with Gasteiger partial charge in [0.1, 0.15) is 5.75 Å². The van der Waals surface area contributed by atoms with Crippen LogP contribution in [0.2, 0.25) is 0 Å². The van der Waals surface area contributed by atoms with Crippen LogP contribution < -0.4 is 19.5 Å². The molecule has 0 aliphatic carbocycles. The number of halogens is 2. The average molecular weight is 536 g/mol. The molecular weight excluding hydrogens is 501 g/mol. The molecule has 0 bridgehead atoms. The van der Waals surface area contributed by atoms with Crippen LogP contribution in [0, 0.1) is 5.82 Å². The van der Waals surface area contributed by atoms with Gasteiger partial charge in [-0.3, -0.25) is 4.79 Å². The molecule has 0 spiro atoms. The van der Waals surface area contributed by atoms with Gasteiger partial charge in [-0.05, 0) is 43.0 Å². The fraction of sp³-hybridized carbons (Fsp3) is 0.481. The van der Waals surface area contributed by atoms with Crippen LogP contribution in [0.1, 0.15) is 61.7 Å². The number of benzene rings is 2. The van der Waals surface area contributed by atoms with Crippen molar-refractivity contribution in [3.05, 3.63) is 46.3 Å². The van der Waals surface area contributed by atoms with Crippen LogP contribution in [0.4, 0.5) is 10.1 Å². The number of Topliss-reactive ketones (excluding diaryl/α,β-unsaturated/α-hetero) is 1. The van der Waals surface area contributed by atoms with Crippen LogP contribution in [-0.2, 0) is 12.0 Å². The van der Waals surface area contributed by atoms with E-state index in [1.165, 1.54) is 0 Å². The van der Waals surface area contributed by atoms with Crippen molar-refractivity contribution in [3.63, 3.8) is 0 Å². The second-order valence-electron chi connectivity index (χ2n) is 9.61. The Labute approximate surface area is 222 Å². The first kappa shape index (κ1) is 28.5. The van der Waals surface area contributed by atoms with E-state index in [0.717, 1.165) is 5.56 Å². The number of ketones is 1. The van der Waals surface area contributed by atoms with Gasteiger partial charge in [0.15, 0.2) is 28.9 Å². The molecule has 3 rings (SSSR count). The summed E-state index contributed by atoms with van der Waals surface area (Å²) >= 11 is 5.92. The number of nitrogens with zero attached hydrogens (tertiary/aromatic N) is 2. The first-order valence-corrected chi connectivity index (χ1v) is 12.6. The van der Waals surface area contributed by atoms with Gasteiger partial charge in [0.05, 0.1) is 44.7 Å². The number of carbonyl (C=O) groups excluding carboxylic acids is 1. The van der Waals surface area contributed by atoms with Gasteiger partial charge < -0.3 is 29.5 Å². The highest BCUT2D eigenvalue weighted by molar-refractivity contribution is 6.23. The van der Waals surface area contributed by atoms with Gasteiger partial charge in [0.2, 0.25) is 0 Å². The third-order valence-electron chi connectivity index (χ3n) is 6.01. The van der Waals surface area contributed by atoms with Crippen LogP contribution in [0.5, 0.6) is 17.2 Å². The van der Waals surface area contributed by atoms with Crippen molar-refractivity contribution >= 4 is 29.1 Å². The fourth-order valence-corrected chi connectivity index (χ4v) is 4.58. The van der Waals surface area contributed by atoms with E-state index in [-0.39, 0.29) is 54.7 Å². The number of methoxy groups -OCH3 is 1. The number of aliphatic hydroxyl groups excluding tert-OH is 1. The maximum atomic E-state index is 15.6. The van der Waals surface area contributed by atoms with Gasteiger partial charge in [0.25, 0.3) is 0 Å². The third-order valence-corrected chi connectivity index (χ3v) is 6.17. The number of amidine groups is 1. The van der Waals surface area contributed by atoms with E-state index in [4.69, 9.17) is 26.0 Å². The number of ether oxygens (including phenoxy) is 3. The summed E-state index contributed by atoms with van der Waals surface area (Å²) in [4.78, 5) is 15.2. The Morgan fingerprint density at radius 2 is 1.89 bits per heavy atom. The quantitative estimate of drug-likeness (QED) is 0.394. The van der Waals surface area contributed by atoms with Crippen LogP contribution >= 0.6 is 11.8 Å². The normalized spacial score (nSPS) is 14.1. The van der Waals surface area contributed by atoms with E-state index in [0.29, 0.717) is 41.5 Å². The molecule has 2 aromatic carbocycles. The highest BCUT2D eigenvalue weighted by Gasteiger charge is 2.34. The molecule has 0 saturated carbocycles. The second kappa shape index (κ2) is 12.0. The SMILES string of the molecule is CCOc1cc2c(c(F)c1OCC)C(=NCl)N(CC(=O)c1cc(NCCO)c(OC)c(C(C)(C)C)c1)C2. The number of nitrogens with one attached hydrogen (secondary N) is 1. The standard InChI is InChI=1S/C27H35ClFN3O5/c1-7-36-21-13-17-14-32(26(31-28)22(17)23(29)25(21)37-8-2)15-20(34)16-11-18(27(3,4)5)24(35-6)19(12-16)30-9-10-33/h11-13,30,33H,7-10,14-15H2,1-6H3. The number of hydrogen-bond acceptors (Lipinski definition) is 7. The van der Waals surface area contributed by atoms with Crippen molar-refractivity contribution < 1.29 is 28.5 Å². The van der Waals surface area contributed by atoms with E-state index in [9.17, 15) is 9.90 Å². The number of carbonyl (C=O) groups is 1. The minimum absolute atomic E-state index is 0.00124. The van der Waals surface area contributed by atoms with Crippen molar-refractivity contribution in [3.8, 4) is 17.2 Å². The summed E-state index contributed by atoms with van der Waals surface area (Å²) in [5.41, 5.74) is 2.37. The zero-order valence-corrected chi connectivity index (χ0v) is 23.0. The molecule has 0 saturated heterocycles. The molecule has 0 amide bonds. The topological polar surface area (TPSA) is 92.6 Å². The average Bonchev–Trinajstić information content (AvgIpc) is 3.20. The molecule has 0 radical (unpaired) electrons. The lowest BCUT2D eigenvalue weighted by atomic mass is 9.84. The first-order valence-electron chi connectivity index (χ1n) is 12.3. The number of rotatable bonds is 11. The largest absolute Gasteiger partial charge is 0.494 e. The van der Waals surface area contributed by atoms with Crippen LogP contribution in [-0.4, -0.2) is 61.6 Å². The smallest absolute Gasteiger partial charge is 0.197 e. The number of anilines is 1. The Bertz CT molecular complexity index is 1180. The van der Waals surface area contributed by atoms with Crippen LogP contribution in [0.25, 0.3) is 0 Å². The molecule has 10 heteroatoms. The van der Waals surface area contributed by atoms with E-state index < -0.39 is 5.82 Å². The van der Waals surface area contributed by atoms with Gasteiger partial charge in [-0.15, -0.1) is 0 Å². The molecule has 202 valence electrons. The van der Waals surface area contributed by atoms with Gasteiger partial charge in [-0.1, -0.05) is 20.8 Å². The number of hydrogen-bond donors (Lipinski definition) is 2. The summed E-state index contributed by atoms with van der Waals surface area (Å²) in [6.07, 6.45) is 0. The molecule has 0 unspecified atom stereocenters. The minimum Gasteiger partial charge on any atom is -0.494 e. The fourth-order valence-electron chi connectivity index (χ4n) is 4.39. The van der Waals surface area contributed by atoms with Crippen molar-refractivity contribution in [2.75, 3.05) is 45.3 Å². The van der Waals surface area contributed by atoms with E-state index in [1.54, 1.807) is 31.1 Å². The molecule has 2 aromatic rings. The molecule has 37 heavy (non-hydrogen) atoms. The molecule has 2 N–H and O–H groups in total. The summed E-state index contributed by atoms with van der Waals surface area (Å²) in [6.45, 7) is 10.6. The Morgan fingerprint density at radius 1 is 1.19 bits per heavy atom. The van der Waals surface area contributed by atoms with Gasteiger partial charge in [-0.25, -0.2) is 4.39 Å². The summed E-state index contributed by atoms with van der Waals surface area (Å²) in [5, 5.41) is 12.4. The Balaban J connectivity index is 1.99. The summed E-state index contributed by atoms with van der Waals surface area (Å²) in [6, 6.07) is 5.22. The Hall–Kier alpha value is -3.04. The highest BCUT2D eigenvalue weighted by Crippen LogP contribution is 2.41. The lowest BCUT2D eigenvalue weighted by Gasteiger charge is -2.26. The van der Waals surface area contributed by atoms with E-state index >= 15 is 4.39 Å². The monoisotopic (exact) mass is 535 g/mol. The lowest BCUT2D eigenvalue weighted by Crippen LogP contribution is -2.31. The van der Waals surface area contributed by atoms with Crippen molar-refractivity contribution in [1.82, 2.24) is 4.90 Å². The van der Waals surface area contributed by atoms with E-state index in [2.05, 4.69) is 9.83 Å². The van der Waals surface area contributed by atoms with Crippen LogP contribution in [0.3, 0.4) is 0 Å². The molecular formula is C27H35ClFN3O5. The Morgan fingerprint density at radius 3 is 2.46 bits per heavy atom. The van der Waals surface area contributed by atoms with Gasteiger partial charge in [-0.2, -0.15) is 4.51 Å². The molecule has 1 aliphatic heterocycles. The summed E-state index contributed by atoms with van der Waals surface area (Å²) < 4.78 is 36.1. The minimum atomic E-state index is -0.618. The Kier molecular flexibility index (Phi) is 9.26. The molecule has 0 aromatic heterocycles. The van der Waals surface area contributed by atoms with Crippen molar-refractivity contribution in [1.29, 1.82) is 0 Å². The summed E-state index contributed by atoms with van der Waals surface area (Å²) in [5.74, 6) is 0.247. The van der Waals surface area contributed by atoms with E-state index in [1.807, 2.05) is 33.8 Å². The molecule has 1 aliphatic rings. The van der Waals surface area contributed by atoms with Crippen molar-refractivity contribution in [2.45, 2.75) is 46.6 Å². The summed E-state index contributed by atoms with van der Waals surface area (Å²) in [7, 11) is 1.57. The lowest BCUT2D eigenvalue weighted by molar-refractivity contribution is 0.0963. The maximum absolute atomic E-state index is 15.6. The third kappa shape index (κ3) is 5.93. The molecule has 0 atom stereocenters. The highest BCUT2D eigenvalue weighted by atomic mass is 35.5. The molecule has 0 fully saturated rings. The maximum Gasteiger partial charge on any atom is 0.197 e. The second-order valence-corrected chi connectivity index (χ2v) is 9.78. The van der Waals surface area contributed by atoms with Crippen molar-refractivity contribution in [2.24, 2.45) is 4.51 Å². The molecule has 8 nitrogen and oxygen atoms in total.